The van der Waals surface area contributed by atoms with E-state index in [9.17, 15) is 15.0 Å². The van der Waals surface area contributed by atoms with Crippen molar-refractivity contribution in [2.45, 2.75) is 62.9 Å². The van der Waals surface area contributed by atoms with Gasteiger partial charge in [0.2, 0.25) is 0 Å². The number of fused-ring (bicyclic) bond motifs is 1. The minimum absolute atomic E-state index is 0.324. The van der Waals surface area contributed by atoms with Gasteiger partial charge in [-0.05, 0) is 19.3 Å². The molecule has 0 aliphatic heterocycles. The predicted molar refractivity (Wildman–Crippen MR) is 113 cm³/mol. The quantitative estimate of drug-likeness (QED) is 0.188. The van der Waals surface area contributed by atoms with Crippen LogP contribution in [0, 0.1) is 5.92 Å². The molecule has 10 nitrogen and oxygen atoms in total. The Morgan fingerprint density at radius 3 is 2.77 bits per heavy atom. The third-order valence-electron chi connectivity index (χ3n) is 5.06. The Bertz CT molecular complexity index is 905. The topological polar surface area (TPSA) is 146 Å². The maximum atomic E-state index is 10.8. The monoisotopic (exact) mass is 436 g/mol. The molecular weight excluding hydrogens is 408 g/mol. The molecule has 4 atom stereocenters. The average Bonchev–Trinajstić information content (AvgIpc) is 3.26. The van der Waals surface area contributed by atoms with Gasteiger partial charge in [-0.25, -0.2) is 19.4 Å². The molecule has 30 heavy (non-hydrogen) atoms. The molecule has 1 fully saturated rings. The molecule has 1 aliphatic carbocycles. The highest BCUT2D eigenvalue weighted by Gasteiger charge is 2.43. The highest BCUT2D eigenvalue weighted by Crippen LogP contribution is 2.37. The van der Waals surface area contributed by atoms with Gasteiger partial charge < -0.3 is 20.6 Å². The highest BCUT2D eigenvalue weighted by molar-refractivity contribution is 7.99. The van der Waals surface area contributed by atoms with Gasteiger partial charge in [0.15, 0.2) is 22.1 Å². The molecule has 0 unspecified atom stereocenters. The van der Waals surface area contributed by atoms with Crippen LogP contribution in [0.4, 0.5) is 5.82 Å². The summed E-state index contributed by atoms with van der Waals surface area (Å²) >= 11 is 1.54. The third-order valence-corrected chi connectivity index (χ3v) is 6.11. The Balaban J connectivity index is 1.95. The molecule has 164 valence electrons. The van der Waals surface area contributed by atoms with Gasteiger partial charge >= 0.3 is 5.97 Å². The molecule has 1 aliphatic rings. The largest absolute Gasteiger partial charge is 0.478 e. The number of hydrogen-bond donors (Lipinski definition) is 4. The first-order valence-electron chi connectivity index (χ1n) is 10.2. The molecule has 0 radical (unpaired) electrons. The van der Waals surface area contributed by atoms with Gasteiger partial charge in [-0.2, -0.15) is 0 Å². The summed E-state index contributed by atoms with van der Waals surface area (Å²) in [5, 5.41) is 42.2. The van der Waals surface area contributed by atoms with Crippen LogP contribution in [-0.4, -0.2) is 70.8 Å². The molecule has 0 amide bonds. The lowest BCUT2D eigenvalue weighted by Crippen LogP contribution is -2.29. The van der Waals surface area contributed by atoms with Crippen molar-refractivity contribution in [3.05, 3.63) is 12.2 Å². The van der Waals surface area contributed by atoms with Crippen LogP contribution < -0.4 is 5.32 Å². The van der Waals surface area contributed by atoms with Gasteiger partial charge in [-0.3, -0.25) is 0 Å². The molecule has 2 aromatic rings. The molecule has 2 heterocycles. The van der Waals surface area contributed by atoms with E-state index in [0.29, 0.717) is 28.6 Å². The second-order valence-electron chi connectivity index (χ2n) is 7.34. The number of carboxylic acid groups (broad SMARTS) is 1. The number of unbranched alkanes of at least 4 members (excludes halogenated alkanes) is 1. The van der Waals surface area contributed by atoms with E-state index in [1.54, 1.807) is 0 Å². The second kappa shape index (κ2) is 10.2. The molecule has 0 bridgehead atoms. The first-order chi connectivity index (χ1) is 14.5. The van der Waals surface area contributed by atoms with Gasteiger partial charge in [0.05, 0.1) is 12.1 Å². The summed E-state index contributed by atoms with van der Waals surface area (Å²) in [6.45, 7) is 4.94. The van der Waals surface area contributed by atoms with Gasteiger partial charge in [-0.1, -0.05) is 43.3 Å². The van der Waals surface area contributed by atoms with Crippen LogP contribution in [0.5, 0.6) is 0 Å². The number of anilines is 1. The molecule has 4 N–H and O–H groups in total. The van der Waals surface area contributed by atoms with Crippen molar-refractivity contribution in [1.29, 1.82) is 0 Å². The molecular formula is C19H28N6O4S. The number of aliphatic carboxylic acids is 1. The smallest absolute Gasteiger partial charge is 0.327 e. The van der Waals surface area contributed by atoms with Gasteiger partial charge in [0, 0.05) is 24.3 Å². The number of carboxylic acids is 1. The minimum atomic E-state index is -1.11. The summed E-state index contributed by atoms with van der Waals surface area (Å²) in [5.74, 6) is -0.125. The van der Waals surface area contributed by atoms with E-state index in [0.717, 1.165) is 37.6 Å². The molecule has 0 aromatic carbocycles. The molecule has 2 aromatic heterocycles. The lowest BCUT2D eigenvalue weighted by Gasteiger charge is -2.17. The summed E-state index contributed by atoms with van der Waals surface area (Å²) in [5.41, 5.74) is 1.000. The lowest BCUT2D eigenvalue weighted by atomic mass is 10.1. The Morgan fingerprint density at radius 1 is 1.27 bits per heavy atom. The number of nitrogens with zero attached hydrogens (tertiary/aromatic N) is 5. The van der Waals surface area contributed by atoms with E-state index < -0.39 is 30.1 Å². The Hall–Kier alpha value is -2.24. The Kier molecular flexibility index (Phi) is 7.62. The van der Waals surface area contributed by atoms with Crippen molar-refractivity contribution < 1.29 is 20.1 Å². The van der Waals surface area contributed by atoms with Crippen molar-refractivity contribution in [2.75, 3.05) is 17.6 Å². The van der Waals surface area contributed by atoms with Crippen LogP contribution in [-0.2, 0) is 4.79 Å². The van der Waals surface area contributed by atoms with E-state index in [1.807, 2.05) is 0 Å². The van der Waals surface area contributed by atoms with E-state index in [4.69, 9.17) is 5.11 Å². The fourth-order valence-corrected chi connectivity index (χ4v) is 4.17. The number of rotatable bonds is 10. The Labute approximate surface area is 178 Å². The third kappa shape index (κ3) is 4.90. The van der Waals surface area contributed by atoms with Crippen molar-refractivity contribution in [1.82, 2.24) is 25.0 Å². The van der Waals surface area contributed by atoms with E-state index in [1.165, 1.54) is 22.5 Å². The number of aliphatic hydroxyl groups is 2. The number of aliphatic hydroxyl groups excluding tert-OH is 2. The van der Waals surface area contributed by atoms with Crippen molar-refractivity contribution >= 4 is 34.7 Å². The highest BCUT2D eigenvalue weighted by atomic mass is 32.2. The zero-order valence-electron chi connectivity index (χ0n) is 17.1. The zero-order valence-corrected chi connectivity index (χ0v) is 17.9. The fourth-order valence-electron chi connectivity index (χ4n) is 3.48. The first kappa shape index (κ1) is 22.4. The van der Waals surface area contributed by atoms with Gasteiger partial charge in [-0.15, -0.1) is 5.10 Å². The van der Waals surface area contributed by atoms with Crippen LogP contribution in [0.25, 0.3) is 11.2 Å². The number of nitrogens with one attached hydrogen (secondary N) is 1. The van der Waals surface area contributed by atoms with Crippen LogP contribution >= 0.6 is 11.8 Å². The SMILES string of the molecule is CCCCNc1nc(SCCC)nc2c1nnn2[C@@H]1C[C@H](/C=C/C(=O)O)[C@@H](O)[C@H]1O. The second-order valence-corrected chi connectivity index (χ2v) is 8.40. The van der Waals surface area contributed by atoms with Crippen molar-refractivity contribution in [3.8, 4) is 0 Å². The zero-order chi connectivity index (χ0) is 21.7. The Morgan fingerprint density at radius 2 is 2.07 bits per heavy atom. The molecule has 1 saturated carbocycles. The lowest BCUT2D eigenvalue weighted by molar-refractivity contribution is -0.131. The van der Waals surface area contributed by atoms with Crippen molar-refractivity contribution in [3.63, 3.8) is 0 Å². The molecule has 3 rings (SSSR count). The van der Waals surface area contributed by atoms with Crippen molar-refractivity contribution in [2.24, 2.45) is 5.92 Å². The fraction of sp³-hybridized carbons (Fsp3) is 0.632. The molecule has 0 saturated heterocycles. The minimum Gasteiger partial charge on any atom is -0.478 e. The number of aromatic nitrogens is 5. The summed E-state index contributed by atoms with van der Waals surface area (Å²) in [6.07, 6.45) is 3.52. The first-order valence-corrected chi connectivity index (χ1v) is 11.2. The van der Waals surface area contributed by atoms with Crippen LogP contribution in [0.3, 0.4) is 0 Å². The standard InChI is InChI=1S/C19H28N6O4S/c1-3-5-8-20-17-14-18(22-19(21-17)30-9-4-2)25(24-23-14)12-10-11(6-7-13(26)27)15(28)16(12)29/h6-7,11-12,15-16,28-29H,3-5,8-10H2,1-2H3,(H,26,27)(H,20,21,22)/b7-6+/t11-,12+,15+,16-/m0/s1. The number of thioether (sulfide) groups is 1. The summed E-state index contributed by atoms with van der Waals surface area (Å²) in [6, 6.07) is -0.573. The number of hydrogen-bond acceptors (Lipinski definition) is 9. The maximum absolute atomic E-state index is 10.8. The normalized spacial score (nSPS) is 24.1. The number of carbonyl (C=O) groups is 1. The summed E-state index contributed by atoms with van der Waals surface area (Å²) < 4.78 is 1.53. The predicted octanol–water partition coefficient (Wildman–Crippen LogP) is 1.86. The molecule has 11 heteroatoms. The van der Waals surface area contributed by atoms with Gasteiger partial charge in [0.1, 0.15) is 6.10 Å². The van der Waals surface area contributed by atoms with Crippen LogP contribution in [0.2, 0.25) is 0 Å². The van der Waals surface area contributed by atoms with Crippen LogP contribution in [0.15, 0.2) is 17.3 Å². The molecule has 0 spiro atoms. The van der Waals surface area contributed by atoms with Gasteiger partial charge in [0.25, 0.3) is 0 Å². The summed E-state index contributed by atoms with van der Waals surface area (Å²) in [4.78, 5) is 20.0. The van der Waals surface area contributed by atoms with E-state index in [-0.39, 0.29) is 0 Å². The van der Waals surface area contributed by atoms with E-state index >= 15 is 0 Å². The van der Waals surface area contributed by atoms with E-state index in [2.05, 4.69) is 39.4 Å². The maximum Gasteiger partial charge on any atom is 0.327 e. The summed E-state index contributed by atoms with van der Waals surface area (Å²) in [7, 11) is 0. The average molecular weight is 437 g/mol. The van der Waals surface area contributed by atoms with Crippen LogP contribution in [0.1, 0.15) is 45.6 Å².